The Hall–Kier alpha value is -1.79. The van der Waals surface area contributed by atoms with Gasteiger partial charge in [0.1, 0.15) is 5.69 Å². The first-order valence-electron chi connectivity index (χ1n) is 4.79. The van der Waals surface area contributed by atoms with E-state index in [2.05, 4.69) is 10.2 Å². The molecule has 0 aliphatic heterocycles. The normalized spacial score (nSPS) is 13.5. The quantitative estimate of drug-likeness (QED) is 0.449. The molecule has 7 nitrogen and oxygen atoms in total. The van der Waals surface area contributed by atoms with E-state index in [0.717, 1.165) is 0 Å². The molecule has 7 heteroatoms. The van der Waals surface area contributed by atoms with Gasteiger partial charge in [0.05, 0.1) is 0 Å². The van der Waals surface area contributed by atoms with Gasteiger partial charge < -0.3 is 10.1 Å². The Labute approximate surface area is 92.6 Å². The molecular weight excluding hydrogens is 212 g/mol. The second kappa shape index (κ2) is 3.99. The SMILES string of the molecule is Cc1c([N+](=O)[O-])ncn1C(N=O)C(C)(C)C. The second-order valence-corrected chi connectivity index (χ2v) is 4.66. The van der Waals surface area contributed by atoms with E-state index >= 15 is 0 Å². The molecule has 16 heavy (non-hydrogen) atoms. The van der Waals surface area contributed by atoms with Crippen molar-refractivity contribution in [3.63, 3.8) is 0 Å². The fourth-order valence-corrected chi connectivity index (χ4v) is 1.46. The zero-order valence-corrected chi connectivity index (χ0v) is 9.67. The first-order chi connectivity index (χ1) is 7.29. The van der Waals surface area contributed by atoms with E-state index in [4.69, 9.17) is 0 Å². The molecule has 1 aromatic rings. The van der Waals surface area contributed by atoms with E-state index < -0.39 is 16.5 Å². The average molecular weight is 226 g/mol. The van der Waals surface area contributed by atoms with Crippen molar-refractivity contribution in [2.45, 2.75) is 33.9 Å². The van der Waals surface area contributed by atoms with Crippen molar-refractivity contribution in [2.75, 3.05) is 0 Å². The summed E-state index contributed by atoms with van der Waals surface area (Å²) in [5, 5.41) is 13.6. The topological polar surface area (TPSA) is 90.4 Å². The van der Waals surface area contributed by atoms with Gasteiger partial charge in [-0.15, -0.1) is 4.91 Å². The van der Waals surface area contributed by atoms with E-state index in [0.29, 0.717) is 5.69 Å². The highest BCUT2D eigenvalue weighted by molar-refractivity contribution is 5.26. The van der Waals surface area contributed by atoms with Gasteiger partial charge in [-0.1, -0.05) is 20.8 Å². The Morgan fingerprint density at radius 3 is 2.44 bits per heavy atom. The maximum absolute atomic E-state index is 10.8. The van der Waals surface area contributed by atoms with Crippen LogP contribution < -0.4 is 0 Å². The van der Waals surface area contributed by atoms with Crippen molar-refractivity contribution in [3.8, 4) is 0 Å². The van der Waals surface area contributed by atoms with Crippen LogP contribution in [-0.2, 0) is 0 Å². The fraction of sp³-hybridized carbons (Fsp3) is 0.667. The third-order valence-corrected chi connectivity index (χ3v) is 2.33. The minimum atomic E-state index is -0.700. The molecule has 1 atom stereocenters. The molecule has 0 aliphatic rings. The summed E-state index contributed by atoms with van der Waals surface area (Å²) in [5.41, 5.74) is -0.0781. The zero-order valence-electron chi connectivity index (χ0n) is 9.67. The van der Waals surface area contributed by atoms with Gasteiger partial charge in [-0.25, -0.2) is 0 Å². The van der Waals surface area contributed by atoms with Gasteiger partial charge in [0.15, 0.2) is 6.17 Å². The lowest BCUT2D eigenvalue weighted by atomic mass is 9.92. The van der Waals surface area contributed by atoms with E-state index in [1.807, 2.05) is 20.8 Å². The van der Waals surface area contributed by atoms with Gasteiger partial charge in [0.2, 0.25) is 6.33 Å². The summed E-state index contributed by atoms with van der Waals surface area (Å²) in [7, 11) is 0. The molecule has 1 heterocycles. The Kier molecular flexibility index (Phi) is 3.06. The van der Waals surface area contributed by atoms with Gasteiger partial charge in [-0.3, -0.25) is 4.57 Å². The van der Waals surface area contributed by atoms with Crippen LogP contribution in [0.25, 0.3) is 0 Å². The molecule has 88 valence electrons. The molecule has 1 aromatic heterocycles. The highest BCUT2D eigenvalue weighted by Crippen LogP contribution is 2.33. The number of nitrogens with zero attached hydrogens (tertiary/aromatic N) is 4. The molecule has 0 saturated carbocycles. The van der Waals surface area contributed by atoms with Crippen molar-refractivity contribution in [1.29, 1.82) is 0 Å². The van der Waals surface area contributed by atoms with Crippen LogP contribution in [0.3, 0.4) is 0 Å². The van der Waals surface area contributed by atoms with Crippen molar-refractivity contribution in [1.82, 2.24) is 9.55 Å². The smallest absolute Gasteiger partial charge is 0.358 e. The molecule has 1 rings (SSSR count). The maximum Gasteiger partial charge on any atom is 0.384 e. The minimum Gasteiger partial charge on any atom is -0.358 e. The summed E-state index contributed by atoms with van der Waals surface area (Å²) in [6.45, 7) is 7.06. The standard InChI is InChI=1S/C9H14N4O3/c1-6-7(13(15)16)10-5-12(6)8(11-14)9(2,3)4/h5,8H,1-4H3. The van der Waals surface area contributed by atoms with E-state index in [1.54, 1.807) is 6.92 Å². The molecule has 0 aliphatic carbocycles. The van der Waals surface area contributed by atoms with E-state index in [1.165, 1.54) is 10.9 Å². The second-order valence-electron chi connectivity index (χ2n) is 4.66. The largest absolute Gasteiger partial charge is 0.384 e. The van der Waals surface area contributed by atoms with Crippen LogP contribution in [-0.4, -0.2) is 14.5 Å². The average Bonchev–Trinajstić information content (AvgIpc) is 2.47. The van der Waals surface area contributed by atoms with Crippen LogP contribution in [0.5, 0.6) is 0 Å². The Balaban J connectivity index is 3.23. The predicted molar refractivity (Wildman–Crippen MR) is 57.9 cm³/mol. The van der Waals surface area contributed by atoms with Gasteiger partial charge in [-0.2, -0.15) is 0 Å². The van der Waals surface area contributed by atoms with Crippen LogP contribution in [0.1, 0.15) is 32.6 Å². The number of rotatable bonds is 3. The first kappa shape index (κ1) is 12.3. The summed E-state index contributed by atoms with van der Waals surface area (Å²) in [5.74, 6) is -0.238. The summed E-state index contributed by atoms with van der Waals surface area (Å²) >= 11 is 0. The van der Waals surface area contributed by atoms with Gasteiger partial charge in [0.25, 0.3) is 0 Å². The van der Waals surface area contributed by atoms with Crippen LogP contribution in [0.2, 0.25) is 0 Å². The molecule has 0 bridgehead atoms. The highest BCUT2D eigenvalue weighted by Gasteiger charge is 2.32. The van der Waals surface area contributed by atoms with Crippen molar-refractivity contribution in [3.05, 3.63) is 27.0 Å². The molecule has 0 fully saturated rings. The first-order valence-corrected chi connectivity index (χ1v) is 4.79. The van der Waals surface area contributed by atoms with Crippen molar-refractivity contribution in [2.24, 2.45) is 10.6 Å². The van der Waals surface area contributed by atoms with Crippen LogP contribution in [0.15, 0.2) is 11.5 Å². The van der Waals surface area contributed by atoms with Crippen molar-refractivity contribution >= 4 is 5.82 Å². The number of hydrogen-bond donors (Lipinski definition) is 0. The number of aromatic nitrogens is 2. The Bertz CT molecular complexity index is 419. The van der Waals surface area contributed by atoms with Gasteiger partial charge in [0, 0.05) is 5.41 Å². The number of nitro groups is 1. The molecule has 0 N–H and O–H groups in total. The number of hydrogen-bond acceptors (Lipinski definition) is 5. The lowest BCUT2D eigenvalue weighted by Gasteiger charge is -2.25. The Morgan fingerprint density at radius 2 is 2.12 bits per heavy atom. The maximum atomic E-state index is 10.8. The van der Waals surface area contributed by atoms with Gasteiger partial charge in [-0.05, 0) is 22.0 Å². The fourth-order valence-electron chi connectivity index (χ4n) is 1.46. The molecule has 0 spiro atoms. The molecule has 0 saturated heterocycles. The predicted octanol–water partition coefficient (Wildman–Crippen LogP) is 2.41. The number of nitroso groups, excluding NO2 is 1. The van der Waals surface area contributed by atoms with Crippen LogP contribution in [0, 0.1) is 27.4 Å². The number of imidazole rings is 1. The van der Waals surface area contributed by atoms with E-state index in [9.17, 15) is 15.0 Å². The molecule has 0 aromatic carbocycles. The summed E-state index contributed by atoms with van der Waals surface area (Å²) in [6.07, 6.45) is 0.582. The monoisotopic (exact) mass is 226 g/mol. The van der Waals surface area contributed by atoms with Gasteiger partial charge >= 0.3 is 5.82 Å². The third kappa shape index (κ3) is 2.07. The highest BCUT2D eigenvalue weighted by atomic mass is 16.6. The summed E-state index contributed by atoms with van der Waals surface area (Å²) in [6, 6.07) is 0. The molecule has 0 amide bonds. The molecule has 1 unspecified atom stereocenters. The summed E-state index contributed by atoms with van der Waals surface area (Å²) in [4.78, 5) is 24.5. The van der Waals surface area contributed by atoms with E-state index in [-0.39, 0.29) is 5.82 Å². The summed E-state index contributed by atoms with van der Waals surface area (Å²) < 4.78 is 1.44. The lowest BCUT2D eigenvalue weighted by molar-refractivity contribution is -0.390. The Morgan fingerprint density at radius 1 is 1.56 bits per heavy atom. The minimum absolute atomic E-state index is 0.238. The third-order valence-electron chi connectivity index (χ3n) is 2.33. The van der Waals surface area contributed by atoms with Crippen LogP contribution >= 0.6 is 0 Å². The molecule has 0 radical (unpaired) electrons. The zero-order chi connectivity index (χ0) is 12.5. The molecular formula is C9H14N4O3. The van der Waals surface area contributed by atoms with Crippen molar-refractivity contribution < 1.29 is 4.92 Å². The lowest BCUT2D eigenvalue weighted by Crippen LogP contribution is -2.22. The van der Waals surface area contributed by atoms with Crippen LogP contribution in [0.4, 0.5) is 5.82 Å².